The Kier molecular flexibility index (Phi) is 2.00. The first kappa shape index (κ1) is 8.81. The summed E-state index contributed by atoms with van der Waals surface area (Å²) in [4.78, 5) is 11.4. The molecular formula is C11H11NO2. The van der Waals surface area contributed by atoms with Gasteiger partial charge in [-0.05, 0) is 12.1 Å². The minimum Gasteiger partial charge on any atom is -0.495 e. The summed E-state index contributed by atoms with van der Waals surface area (Å²) in [6, 6.07) is 9.08. The molecule has 1 aromatic carbocycles. The Labute approximate surface area is 81.5 Å². The molecule has 0 atom stereocenters. The average Bonchev–Trinajstić information content (AvgIpc) is 2.23. The Morgan fingerprint density at radius 3 is 2.71 bits per heavy atom. The molecule has 0 amide bonds. The smallest absolute Gasteiger partial charge is 0.250 e. The third kappa shape index (κ3) is 1.18. The van der Waals surface area contributed by atoms with Gasteiger partial charge in [-0.15, -0.1) is 0 Å². The second-order valence-electron chi connectivity index (χ2n) is 3.13. The van der Waals surface area contributed by atoms with Crippen LogP contribution in [0, 0.1) is 0 Å². The van der Waals surface area contributed by atoms with Crippen LogP contribution in [-0.2, 0) is 7.05 Å². The SMILES string of the molecule is COc1cccc2ccc(=O)n(C)c12. The van der Waals surface area contributed by atoms with Crippen molar-refractivity contribution in [1.29, 1.82) is 0 Å². The molecule has 0 fully saturated rings. The molecule has 72 valence electrons. The monoisotopic (exact) mass is 189 g/mol. The molecule has 0 N–H and O–H groups in total. The highest BCUT2D eigenvalue weighted by Crippen LogP contribution is 2.22. The number of hydrogen-bond acceptors (Lipinski definition) is 2. The first-order valence-corrected chi connectivity index (χ1v) is 4.37. The van der Waals surface area contributed by atoms with Crippen LogP contribution in [0.15, 0.2) is 35.1 Å². The minimum atomic E-state index is -0.0259. The predicted molar refractivity (Wildman–Crippen MR) is 55.7 cm³/mol. The van der Waals surface area contributed by atoms with Crippen molar-refractivity contribution in [2.75, 3.05) is 7.11 Å². The molecule has 1 aromatic heterocycles. The van der Waals surface area contributed by atoms with E-state index in [-0.39, 0.29) is 5.56 Å². The fraction of sp³-hybridized carbons (Fsp3) is 0.182. The van der Waals surface area contributed by atoms with Crippen LogP contribution in [0.2, 0.25) is 0 Å². The van der Waals surface area contributed by atoms with Crippen LogP contribution in [0.5, 0.6) is 5.75 Å². The Bertz CT molecular complexity index is 528. The molecule has 3 heteroatoms. The number of ether oxygens (including phenoxy) is 1. The Balaban J connectivity index is 2.97. The van der Waals surface area contributed by atoms with Gasteiger partial charge in [0.2, 0.25) is 0 Å². The van der Waals surface area contributed by atoms with Crippen molar-refractivity contribution in [2.24, 2.45) is 7.05 Å². The summed E-state index contributed by atoms with van der Waals surface area (Å²) in [7, 11) is 3.35. The summed E-state index contributed by atoms with van der Waals surface area (Å²) in [5, 5.41) is 1.01. The lowest BCUT2D eigenvalue weighted by atomic mass is 10.2. The summed E-state index contributed by atoms with van der Waals surface area (Å²) in [6.07, 6.45) is 0. The minimum absolute atomic E-state index is 0.0259. The number of benzene rings is 1. The number of methoxy groups -OCH3 is 1. The van der Waals surface area contributed by atoms with Crippen LogP contribution in [0.4, 0.5) is 0 Å². The van der Waals surface area contributed by atoms with Gasteiger partial charge in [0.25, 0.3) is 5.56 Å². The molecule has 3 nitrogen and oxygen atoms in total. The van der Waals surface area contributed by atoms with Gasteiger partial charge in [0, 0.05) is 18.5 Å². The first-order chi connectivity index (χ1) is 6.74. The van der Waals surface area contributed by atoms with Crippen molar-refractivity contribution in [3.63, 3.8) is 0 Å². The summed E-state index contributed by atoms with van der Waals surface area (Å²) in [5.41, 5.74) is 0.810. The molecule has 14 heavy (non-hydrogen) atoms. The molecule has 0 saturated carbocycles. The lowest BCUT2D eigenvalue weighted by molar-refractivity contribution is 0.417. The zero-order chi connectivity index (χ0) is 10.1. The number of nitrogens with zero attached hydrogens (tertiary/aromatic N) is 1. The van der Waals surface area contributed by atoms with E-state index in [4.69, 9.17) is 4.74 Å². The van der Waals surface area contributed by atoms with Crippen LogP contribution >= 0.6 is 0 Å². The molecule has 0 aliphatic heterocycles. The molecule has 2 rings (SSSR count). The average molecular weight is 189 g/mol. The van der Waals surface area contributed by atoms with Crippen LogP contribution < -0.4 is 10.3 Å². The third-order valence-electron chi connectivity index (χ3n) is 2.32. The molecule has 1 heterocycles. The maximum absolute atomic E-state index is 11.4. The first-order valence-electron chi connectivity index (χ1n) is 4.37. The quantitative estimate of drug-likeness (QED) is 0.681. The number of hydrogen-bond donors (Lipinski definition) is 0. The molecule has 0 aliphatic rings. The van der Waals surface area contributed by atoms with E-state index in [0.717, 1.165) is 16.7 Å². The topological polar surface area (TPSA) is 31.2 Å². The zero-order valence-electron chi connectivity index (χ0n) is 8.15. The number of pyridine rings is 1. The van der Waals surface area contributed by atoms with Crippen molar-refractivity contribution in [3.05, 3.63) is 40.7 Å². The van der Waals surface area contributed by atoms with E-state index in [1.807, 2.05) is 18.2 Å². The summed E-state index contributed by atoms with van der Waals surface area (Å²) < 4.78 is 6.80. The molecule has 0 aliphatic carbocycles. The maximum atomic E-state index is 11.4. The van der Waals surface area contributed by atoms with Gasteiger partial charge in [0.15, 0.2) is 0 Å². The Morgan fingerprint density at radius 1 is 1.21 bits per heavy atom. The van der Waals surface area contributed by atoms with Crippen molar-refractivity contribution in [3.8, 4) is 5.75 Å². The van der Waals surface area contributed by atoms with Gasteiger partial charge < -0.3 is 9.30 Å². The van der Waals surface area contributed by atoms with Gasteiger partial charge in [-0.3, -0.25) is 4.79 Å². The normalized spacial score (nSPS) is 10.4. The van der Waals surface area contributed by atoms with E-state index in [2.05, 4.69) is 0 Å². The lowest BCUT2D eigenvalue weighted by Gasteiger charge is -2.08. The third-order valence-corrected chi connectivity index (χ3v) is 2.32. The predicted octanol–water partition coefficient (Wildman–Crippen LogP) is 1.55. The van der Waals surface area contributed by atoms with E-state index in [0.29, 0.717) is 0 Å². The van der Waals surface area contributed by atoms with Crippen molar-refractivity contribution >= 4 is 10.9 Å². The molecule has 0 radical (unpaired) electrons. The van der Waals surface area contributed by atoms with Crippen LogP contribution in [0.1, 0.15) is 0 Å². The van der Waals surface area contributed by atoms with E-state index in [1.54, 1.807) is 30.9 Å². The van der Waals surface area contributed by atoms with E-state index in [9.17, 15) is 4.79 Å². The maximum Gasteiger partial charge on any atom is 0.250 e. The molecule has 0 saturated heterocycles. The number of para-hydroxylation sites is 1. The number of aryl methyl sites for hydroxylation is 1. The highest BCUT2D eigenvalue weighted by molar-refractivity contribution is 5.84. The van der Waals surface area contributed by atoms with Crippen molar-refractivity contribution < 1.29 is 4.74 Å². The van der Waals surface area contributed by atoms with Crippen LogP contribution in [0.25, 0.3) is 10.9 Å². The molecular weight excluding hydrogens is 178 g/mol. The second kappa shape index (κ2) is 3.18. The Hall–Kier alpha value is -1.77. The van der Waals surface area contributed by atoms with Crippen molar-refractivity contribution in [1.82, 2.24) is 4.57 Å². The fourth-order valence-electron chi connectivity index (χ4n) is 1.58. The molecule has 0 unspecified atom stereocenters. The largest absolute Gasteiger partial charge is 0.495 e. The summed E-state index contributed by atoms with van der Waals surface area (Å²) >= 11 is 0. The number of fused-ring (bicyclic) bond motifs is 1. The number of aromatic nitrogens is 1. The zero-order valence-corrected chi connectivity index (χ0v) is 8.15. The van der Waals surface area contributed by atoms with Gasteiger partial charge >= 0.3 is 0 Å². The van der Waals surface area contributed by atoms with Gasteiger partial charge in [-0.1, -0.05) is 12.1 Å². The number of rotatable bonds is 1. The van der Waals surface area contributed by atoms with Gasteiger partial charge in [0.1, 0.15) is 5.75 Å². The standard InChI is InChI=1S/C11H11NO2/c1-12-10(13)7-6-8-4-3-5-9(14-2)11(8)12/h3-7H,1-2H3. The van der Waals surface area contributed by atoms with Crippen LogP contribution in [-0.4, -0.2) is 11.7 Å². The highest BCUT2D eigenvalue weighted by atomic mass is 16.5. The van der Waals surface area contributed by atoms with Gasteiger partial charge in [-0.2, -0.15) is 0 Å². The Morgan fingerprint density at radius 2 is 2.00 bits per heavy atom. The fourth-order valence-corrected chi connectivity index (χ4v) is 1.58. The van der Waals surface area contributed by atoms with E-state index in [1.165, 1.54) is 0 Å². The second-order valence-corrected chi connectivity index (χ2v) is 3.13. The van der Waals surface area contributed by atoms with Gasteiger partial charge in [0.05, 0.1) is 12.6 Å². The van der Waals surface area contributed by atoms with Crippen molar-refractivity contribution in [2.45, 2.75) is 0 Å². The lowest BCUT2D eigenvalue weighted by Crippen LogP contribution is -2.15. The van der Waals surface area contributed by atoms with Crippen LogP contribution in [0.3, 0.4) is 0 Å². The van der Waals surface area contributed by atoms with E-state index < -0.39 is 0 Å². The summed E-state index contributed by atoms with van der Waals surface area (Å²) in [6.45, 7) is 0. The van der Waals surface area contributed by atoms with E-state index >= 15 is 0 Å². The highest BCUT2D eigenvalue weighted by Gasteiger charge is 2.04. The molecule has 2 aromatic rings. The summed E-state index contributed by atoms with van der Waals surface area (Å²) in [5.74, 6) is 0.725. The molecule has 0 bridgehead atoms. The van der Waals surface area contributed by atoms with Gasteiger partial charge in [-0.25, -0.2) is 0 Å². The molecule has 0 spiro atoms.